The average Bonchev–Trinajstić information content (AvgIpc) is 3.69. The number of esters is 1. The maximum Gasteiger partial charge on any atom is 0.306 e. The predicted octanol–water partition coefficient (Wildman–Crippen LogP) is 12.0. The summed E-state index contributed by atoms with van der Waals surface area (Å²) in [7, 11) is 0. The van der Waals surface area contributed by atoms with Crippen LogP contribution in [0.4, 0.5) is 0 Å². The lowest BCUT2D eigenvalue weighted by atomic mass is 9.44. The molecule has 0 bridgehead atoms. The molecule has 5 aliphatic rings. The van der Waals surface area contributed by atoms with Crippen LogP contribution in [-0.4, -0.2) is 46.2 Å². The van der Waals surface area contributed by atoms with E-state index in [9.17, 15) is 15.0 Å². The first-order valence-corrected chi connectivity index (χ1v) is 23.1. The van der Waals surface area contributed by atoms with E-state index in [-0.39, 0.29) is 23.1 Å². The Labute approximate surface area is 320 Å². The smallest absolute Gasteiger partial charge is 0.306 e. The Kier molecular flexibility index (Phi) is 15.5. The molecule has 5 nitrogen and oxygen atoms in total. The minimum Gasteiger partial charge on any atom is -0.462 e. The van der Waals surface area contributed by atoms with Crippen LogP contribution in [0, 0.1) is 52.3 Å². The molecular formula is C47H84O5. The van der Waals surface area contributed by atoms with E-state index in [4.69, 9.17) is 9.47 Å². The molecule has 0 aromatic rings. The van der Waals surface area contributed by atoms with Crippen LogP contribution in [-0.2, 0) is 14.3 Å². The fraction of sp³-hybridized carbons (Fsp3) is 0.979. The van der Waals surface area contributed by atoms with E-state index in [2.05, 4.69) is 48.5 Å². The van der Waals surface area contributed by atoms with Crippen molar-refractivity contribution in [2.24, 2.45) is 52.3 Å². The van der Waals surface area contributed by atoms with E-state index in [1.54, 1.807) is 0 Å². The Bertz CT molecular complexity index is 1090. The third kappa shape index (κ3) is 9.47. The van der Waals surface area contributed by atoms with Crippen LogP contribution in [0.15, 0.2) is 0 Å². The first-order chi connectivity index (χ1) is 24.9. The monoisotopic (exact) mass is 729 g/mol. The van der Waals surface area contributed by atoms with Crippen molar-refractivity contribution in [2.75, 3.05) is 0 Å². The molecule has 0 radical (unpaired) electrons. The van der Waals surface area contributed by atoms with E-state index < -0.39 is 12.2 Å². The molecule has 0 aromatic heterocycles. The normalized spacial score (nSPS) is 37.3. The summed E-state index contributed by atoms with van der Waals surface area (Å²) in [6.45, 7) is 17.3. The summed E-state index contributed by atoms with van der Waals surface area (Å²) in [5.41, 5.74) is 0.655. The summed E-state index contributed by atoms with van der Waals surface area (Å²) in [5.74, 6) is 5.77. The van der Waals surface area contributed by atoms with Crippen LogP contribution in [0.1, 0.15) is 209 Å². The molecule has 1 saturated heterocycles. The zero-order valence-electron chi connectivity index (χ0n) is 35.1. The van der Waals surface area contributed by atoms with Crippen LogP contribution in [0.25, 0.3) is 0 Å². The van der Waals surface area contributed by atoms with Crippen molar-refractivity contribution in [1.82, 2.24) is 0 Å². The van der Waals surface area contributed by atoms with Gasteiger partial charge < -0.3 is 19.7 Å². The Morgan fingerprint density at radius 3 is 2.08 bits per heavy atom. The highest BCUT2D eigenvalue weighted by Crippen LogP contribution is 2.74. The molecule has 13 atom stereocenters. The minimum absolute atomic E-state index is 0.00901. The van der Waals surface area contributed by atoms with Crippen molar-refractivity contribution in [3.63, 3.8) is 0 Å². The van der Waals surface area contributed by atoms with Crippen molar-refractivity contribution >= 4 is 5.97 Å². The largest absolute Gasteiger partial charge is 0.462 e. The second-order valence-corrected chi connectivity index (χ2v) is 20.1. The number of fused-ring (bicyclic) bond motifs is 4. The first kappa shape index (κ1) is 42.5. The topological polar surface area (TPSA) is 79.3 Å². The first-order valence-electron chi connectivity index (χ1n) is 23.1. The third-order valence-electron chi connectivity index (χ3n) is 16.7. The van der Waals surface area contributed by atoms with Gasteiger partial charge in [0.15, 0.2) is 0 Å². The Morgan fingerprint density at radius 1 is 0.769 bits per heavy atom. The van der Waals surface area contributed by atoms with Crippen LogP contribution in [0.3, 0.4) is 0 Å². The fourth-order valence-corrected chi connectivity index (χ4v) is 13.3. The van der Waals surface area contributed by atoms with Crippen LogP contribution < -0.4 is 0 Å². The van der Waals surface area contributed by atoms with Crippen molar-refractivity contribution in [1.29, 1.82) is 0 Å². The van der Waals surface area contributed by atoms with Gasteiger partial charge in [-0.05, 0) is 117 Å². The number of hydrogen-bond donors (Lipinski definition) is 2. The molecule has 0 amide bonds. The summed E-state index contributed by atoms with van der Waals surface area (Å²) >= 11 is 0. The van der Waals surface area contributed by atoms with Crippen molar-refractivity contribution in [3.8, 4) is 0 Å². The Morgan fingerprint density at radius 2 is 1.42 bits per heavy atom. The van der Waals surface area contributed by atoms with Gasteiger partial charge in [0, 0.05) is 18.3 Å². The van der Waals surface area contributed by atoms with Crippen molar-refractivity contribution in [3.05, 3.63) is 0 Å². The van der Waals surface area contributed by atoms with Gasteiger partial charge in [0.2, 0.25) is 0 Å². The summed E-state index contributed by atoms with van der Waals surface area (Å²) in [6, 6.07) is 0. The molecule has 0 aromatic carbocycles. The molecule has 1 aliphatic heterocycles. The molecule has 2 N–H and O–H groups in total. The third-order valence-corrected chi connectivity index (χ3v) is 16.7. The second-order valence-electron chi connectivity index (χ2n) is 20.1. The molecule has 2 unspecified atom stereocenters. The van der Waals surface area contributed by atoms with Crippen LogP contribution >= 0.6 is 0 Å². The number of aliphatic hydroxyl groups excluding tert-OH is 2. The molecular weight excluding hydrogens is 645 g/mol. The molecule has 302 valence electrons. The molecule has 1 spiro atoms. The van der Waals surface area contributed by atoms with Gasteiger partial charge in [0.25, 0.3) is 0 Å². The maximum absolute atomic E-state index is 13.0. The number of carbonyl (C=O) groups is 1. The molecule has 5 fully saturated rings. The van der Waals surface area contributed by atoms with E-state index in [0.717, 1.165) is 106 Å². The fourth-order valence-electron chi connectivity index (χ4n) is 13.3. The number of ether oxygens (including phenoxy) is 2. The quantitative estimate of drug-likeness (QED) is 0.0622. The van der Waals surface area contributed by atoms with Gasteiger partial charge >= 0.3 is 5.97 Å². The second kappa shape index (κ2) is 19.0. The lowest BCUT2D eigenvalue weighted by Crippen LogP contribution is -2.59. The minimum atomic E-state index is -0.604. The summed E-state index contributed by atoms with van der Waals surface area (Å²) in [4.78, 5) is 13.0. The lowest BCUT2D eigenvalue weighted by molar-refractivity contribution is -0.160. The molecule has 5 heteroatoms. The van der Waals surface area contributed by atoms with E-state index >= 15 is 0 Å². The van der Waals surface area contributed by atoms with Crippen molar-refractivity contribution < 1.29 is 24.5 Å². The summed E-state index contributed by atoms with van der Waals surface area (Å²) in [6.07, 6.45) is 27.2. The predicted molar refractivity (Wildman–Crippen MR) is 214 cm³/mol. The standard InChI is InChI=1S/C47H84O5/c1-8-10-11-12-14-17-20-41(48)42(49)21-18-15-13-16-19-22-44(50)51-36-27-30-46(7)40-28-29-45(6)38(34(5)23-24-35(9-2)33(3)4)25-26-39(45)37(40)31-43-47(46,32-36)52-43/h33-43,48-49H,8-32H2,1-7H3/t34-,35-,36+,37+,38-,39+,40+,41?,42?,43-,45-,46-,47-/m1/s1. The van der Waals surface area contributed by atoms with Crippen molar-refractivity contribution in [2.45, 2.75) is 239 Å². The molecule has 1 heterocycles. The van der Waals surface area contributed by atoms with Gasteiger partial charge in [-0.15, -0.1) is 0 Å². The van der Waals surface area contributed by atoms with E-state index in [0.29, 0.717) is 30.8 Å². The van der Waals surface area contributed by atoms with Gasteiger partial charge in [0.05, 0.1) is 18.3 Å². The van der Waals surface area contributed by atoms with Crippen LogP contribution in [0.5, 0.6) is 0 Å². The number of epoxide rings is 1. The van der Waals surface area contributed by atoms with Gasteiger partial charge in [-0.25, -0.2) is 0 Å². The van der Waals surface area contributed by atoms with Gasteiger partial charge in [-0.2, -0.15) is 0 Å². The molecule has 5 rings (SSSR count). The highest BCUT2D eigenvalue weighted by atomic mass is 16.6. The summed E-state index contributed by atoms with van der Waals surface area (Å²) in [5, 5.41) is 20.7. The van der Waals surface area contributed by atoms with Gasteiger partial charge in [-0.1, -0.05) is 126 Å². The van der Waals surface area contributed by atoms with Gasteiger partial charge in [-0.3, -0.25) is 4.79 Å². The molecule has 52 heavy (non-hydrogen) atoms. The molecule has 4 saturated carbocycles. The molecule has 4 aliphatic carbocycles. The van der Waals surface area contributed by atoms with E-state index in [1.165, 1.54) is 77.0 Å². The summed E-state index contributed by atoms with van der Waals surface area (Å²) < 4.78 is 13.0. The number of hydrogen-bond acceptors (Lipinski definition) is 5. The number of aliphatic hydroxyl groups is 2. The highest BCUT2D eigenvalue weighted by Gasteiger charge is 2.76. The highest BCUT2D eigenvalue weighted by molar-refractivity contribution is 5.69. The zero-order valence-corrected chi connectivity index (χ0v) is 35.1. The maximum atomic E-state index is 13.0. The number of carbonyl (C=O) groups excluding carboxylic acids is 1. The SMILES string of the molecule is CCCCCCCCC(O)C(O)CCCCCCCC(=O)O[C@H]1CC[C@]2(C)[C@H]3CC[C@]4(C)[C@@H]([C@H](C)CC[C@@H](CC)C(C)C)CC[C@H]4[C@@H]3C[C@H]3O[C@]32C1. The number of rotatable bonds is 23. The average molecular weight is 729 g/mol. The lowest BCUT2D eigenvalue weighted by Gasteiger charge is -2.59. The number of unbranched alkanes of at least 4 members (excludes halogenated alkanes) is 9. The van der Waals surface area contributed by atoms with Crippen LogP contribution in [0.2, 0.25) is 0 Å². The van der Waals surface area contributed by atoms with E-state index in [1.807, 2.05) is 0 Å². The van der Waals surface area contributed by atoms with Gasteiger partial charge in [0.1, 0.15) is 11.7 Å². The Balaban J connectivity index is 0.993. The zero-order chi connectivity index (χ0) is 37.5. The Hall–Kier alpha value is -0.650.